The zero-order valence-electron chi connectivity index (χ0n) is 34.6. The van der Waals surface area contributed by atoms with Crippen molar-refractivity contribution in [1.29, 1.82) is 0 Å². The zero-order chi connectivity index (χ0) is 39.0. The SMILES string of the molecule is CC(C)(C)c1ccc(N2c3cccc4c3B(c3oc5c([Si](C)(C)C)cccc5c32)c2oc3c([Si](C)(C)C)cccc3c2N4c2ccc(C(C)(C)C)cc2)cc1. The molecule has 0 spiro atoms. The largest absolute Gasteiger partial charge is 0.468 e. The summed E-state index contributed by atoms with van der Waals surface area (Å²) in [7, 11) is -3.58. The lowest BCUT2D eigenvalue weighted by atomic mass is 9.37. The average Bonchev–Trinajstić information content (AvgIpc) is 3.69. The van der Waals surface area contributed by atoms with Gasteiger partial charge in [0, 0.05) is 33.5 Å². The van der Waals surface area contributed by atoms with Crippen LogP contribution < -0.4 is 37.0 Å². The van der Waals surface area contributed by atoms with Crippen LogP contribution in [-0.2, 0) is 10.8 Å². The molecule has 0 N–H and O–H groups in total. The van der Waals surface area contributed by atoms with Gasteiger partial charge in [0.25, 0.3) is 0 Å². The Bertz CT molecular complexity index is 2460. The van der Waals surface area contributed by atoms with Crippen LogP contribution in [0.3, 0.4) is 0 Å². The molecule has 7 heteroatoms. The van der Waals surface area contributed by atoms with Gasteiger partial charge in [-0.3, -0.25) is 0 Å². The predicted molar refractivity (Wildman–Crippen MR) is 243 cm³/mol. The highest BCUT2D eigenvalue weighted by Gasteiger charge is 2.50. The Morgan fingerprint density at radius 2 is 0.836 bits per heavy atom. The van der Waals surface area contributed by atoms with Crippen molar-refractivity contribution in [2.45, 2.75) is 91.7 Å². The van der Waals surface area contributed by atoms with Crippen molar-refractivity contribution in [2.75, 3.05) is 9.80 Å². The molecule has 0 saturated heterocycles. The van der Waals surface area contributed by atoms with Gasteiger partial charge in [0.2, 0.25) is 0 Å². The Balaban J connectivity index is 1.40. The van der Waals surface area contributed by atoms with E-state index in [0.29, 0.717) is 0 Å². The Morgan fingerprint density at radius 3 is 1.18 bits per heavy atom. The first-order valence-corrected chi connectivity index (χ1v) is 26.9. The van der Waals surface area contributed by atoms with E-state index in [1.54, 1.807) is 0 Å². The van der Waals surface area contributed by atoms with Crippen LogP contribution in [0.5, 0.6) is 0 Å². The van der Waals surface area contributed by atoms with Crippen LogP contribution in [0.1, 0.15) is 52.7 Å². The fraction of sp³-hybridized carbons (Fsp3) is 0.292. The second-order valence-corrected chi connectivity index (χ2v) is 30.0. The summed E-state index contributed by atoms with van der Waals surface area (Å²) in [6.07, 6.45) is 0. The molecule has 0 radical (unpaired) electrons. The number of anilines is 6. The van der Waals surface area contributed by atoms with E-state index in [1.165, 1.54) is 27.0 Å². The molecule has 0 saturated carbocycles. The van der Waals surface area contributed by atoms with Crippen molar-refractivity contribution >= 4 is 106 Å². The van der Waals surface area contributed by atoms with Crippen molar-refractivity contribution in [1.82, 2.24) is 0 Å². The van der Waals surface area contributed by atoms with Gasteiger partial charge in [-0.1, -0.05) is 135 Å². The first-order chi connectivity index (χ1) is 25.8. The summed E-state index contributed by atoms with van der Waals surface area (Å²) in [5.41, 5.74) is 14.7. The number of furan rings is 2. The van der Waals surface area contributed by atoms with Crippen LogP contribution in [0.25, 0.3) is 21.9 Å². The lowest BCUT2D eigenvalue weighted by Crippen LogP contribution is -2.60. The third-order valence-corrected chi connectivity index (χ3v) is 15.9. The Hall–Kier alpha value is -4.72. The molecule has 2 aromatic heterocycles. The van der Waals surface area contributed by atoms with Crippen molar-refractivity contribution in [3.05, 3.63) is 114 Å². The number of nitrogens with zero attached hydrogens (tertiary/aromatic N) is 2. The fourth-order valence-electron chi connectivity index (χ4n) is 8.89. The second-order valence-electron chi connectivity index (χ2n) is 19.9. The molecule has 0 aliphatic carbocycles. The number of fused-ring (bicyclic) bond motifs is 8. The molecule has 0 fully saturated rings. The van der Waals surface area contributed by atoms with E-state index in [-0.39, 0.29) is 17.5 Å². The average molecular weight is 757 g/mol. The molecule has 2 aliphatic heterocycles. The third-order valence-electron chi connectivity index (χ3n) is 11.8. The quantitative estimate of drug-likeness (QED) is 0.167. The minimum Gasteiger partial charge on any atom is -0.468 e. The van der Waals surface area contributed by atoms with Crippen molar-refractivity contribution in [2.24, 2.45) is 0 Å². The van der Waals surface area contributed by atoms with Gasteiger partial charge in [-0.05, 0) is 86.3 Å². The molecule has 0 unspecified atom stereocenters. The molecule has 7 aromatic rings. The standard InChI is InChI=1S/C48H53BN2O2Si2/c1-47(2,3)30-22-26-32(27-23-30)50-36-18-15-19-37-40(36)49(45-41(50)34-16-13-20-38(43(34)52-45)54(7,8)9)46-42(35-17-14-21-39(44(35)53-46)55(10,11)12)51(37)33-28-24-31(25-29-33)48(4,5)6/h13-29H,1-12H3. The minimum atomic E-state index is -1.79. The Kier molecular flexibility index (Phi) is 7.77. The summed E-state index contributed by atoms with van der Waals surface area (Å²) in [5.74, 6) is 0. The van der Waals surface area contributed by atoms with E-state index in [9.17, 15) is 0 Å². The lowest BCUT2D eigenvalue weighted by molar-refractivity contribution is 0.590. The van der Waals surface area contributed by atoms with E-state index in [1.807, 2.05) is 0 Å². The number of rotatable bonds is 4. The summed E-state index contributed by atoms with van der Waals surface area (Å²) < 4.78 is 14.8. The molecule has 9 rings (SSSR count). The van der Waals surface area contributed by atoms with E-state index in [2.05, 4.69) is 194 Å². The normalized spacial score (nSPS) is 14.4. The highest BCUT2D eigenvalue weighted by Crippen LogP contribution is 2.48. The summed E-state index contributed by atoms with van der Waals surface area (Å²) >= 11 is 0. The van der Waals surface area contributed by atoms with Gasteiger partial charge < -0.3 is 18.6 Å². The molecule has 55 heavy (non-hydrogen) atoms. The smallest absolute Gasteiger partial charge is 0.342 e. The number of para-hydroxylation sites is 2. The van der Waals surface area contributed by atoms with Gasteiger partial charge in [0.05, 0.1) is 27.5 Å². The van der Waals surface area contributed by atoms with Crippen LogP contribution in [-0.4, -0.2) is 22.9 Å². The molecule has 278 valence electrons. The minimum absolute atomic E-state index is 0.0483. The van der Waals surface area contributed by atoms with Crippen LogP contribution in [0.2, 0.25) is 39.3 Å². The first-order valence-electron chi connectivity index (χ1n) is 19.9. The van der Waals surface area contributed by atoms with Gasteiger partial charge in [0.15, 0.2) is 0 Å². The lowest BCUT2D eigenvalue weighted by Gasteiger charge is -2.40. The topological polar surface area (TPSA) is 32.8 Å². The molecule has 4 nitrogen and oxygen atoms in total. The summed E-state index contributed by atoms with van der Waals surface area (Å²) in [6, 6.07) is 38.8. The van der Waals surface area contributed by atoms with Gasteiger partial charge in [-0.15, -0.1) is 0 Å². The van der Waals surface area contributed by atoms with Crippen LogP contribution in [0.4, 0.5) is 34.1 Å². The van der Waals surface area contributed by atoms with Crippen LogP contribution in [0.15, 0.2) is 112 Å². The van der Waals surface area contributed by atoms with Crippen molar-refractivity contribution in [3.63, 3.8) is 0 Å². The number of hydrogen-bond donors (Lipinski definition) is 0. The highest BCUT2D eigenvalue weighted by atomic mass is 28.3. The third kappa shape index (κ3) is 5.52. The van der Waals surface area contributed by atoms with E-state index in [0.717, 1.165) is 67.4 Å². The fourth-order valence-corrected chi connectivity index (χ4v) is 11.8. The molecule has 0 bridgehead atoms. The maximum Gasteiger partial charge on any atom is 0.342 e. The van der Waals surface area contributed by atoms with Crippen LogP contribution >= 0.6 is 0 Å². The molecule has 5 aromatic carbocycles. The van der Waals surface area contributed by atoms with Crippen molar-refractivity contribution < 1.29 is 8.83 Å². The molecule has 4 heterocycles. The molecular weight excluding hydrogens is 704 g/mol. The first kappa shape index (κ1) is 35.9. The monoisotopic (exact) mass is 756 g/mol. The van der Waals surface area contributed by atoms with E-state index < -0.39 is 16.1 Å². The van der Waals surface area contributed by atoms with Gasteiger partial charge in [0.1, 0.15) is 22.5 Å². The molecule has 0 atom stereocenters. The predicted octanol–water partition coefficient (Wildman–Crippen LogP) is 10.9. The van der Waals surface area contributed by atoms with Gasteiger partial charge in [-0.25, -0.2) is 0 Å². The van der Waals surface area contributed by atoms with Crippen molar-refractivity contribution in [3.8, 4) is 0 Å². The van der Waals surface area contributed by atoms with E-state index >= 15 is 0 Å². The maximum absolute atomic E-state index is 7.39. The Morgan fingerprint density at radius 1 is 0.473 bits per heavy atom. The van der Waals surface area contributed by atoms with Gasteiger partial charge >= 0.3 is 6.71 Å². The molecule has 0 amide bonds. The number of hydrogen-bond acceptors (Lipinski definition) is 4. The summed E-state index contributed by atoms with van der Waals surface area (Å²) in [6.45, 7) is 27.9. The number of benzene rings is 5. The summed E-state index contributed by atoms with van der Waals surface area (Å²) in [5, 5.41) is 5.00. The Labute approximate surface area is 329 Å². The highest BCUT2D eigenvalue weighted by molar-refractivity contribution is 7.00. The molecular formula is C48H53BN2O2Si2. The van der Waals surface area contributed by atoms with Crippen LogP contribution in [0, 0.1) is 0 Å². The van der Waals surface area contributed by atoms with E-state index in [4.69, 9.17) is 8.83 Å². The zero-order valence-corrected chi connectivity index (χ0v) is 36.6. The summed E-state index contributed by atoms with van der Waals surface area (Å²) in [4.78, 5) is 4.94. The second kappa shape index (κ2) is 11.9. The molecule has 2 aliphatic rings. The van der Waals surface area contributed by atoms with Gasteiger partial charge in [-0.2, -0.15) is 0 Å². The maximum atomic E-state index is 7.39.